The van der Waals surface area contributed by atoms with Crippen molar-refractivity contribution in [3.63, 3.8) is 0 Å². The van der Waals surface area contributed by atoms with Crippen molar-refractivity contribution in [2.24, 2.45) is 5.73 Å². The van der Waals surface area contributed by atoms with Crippen molar-refractivity contribution in [1.82, 2.24) is 0 Å². The maximum atomic E-state index is 11.4. The molecule has 0 radical (unpaired) electrons. The van der Waals surface area contributed by atoms with Crippen LogP contribution in [0.1, 0.15) is 26.7 Å². The molecule has 0 aliphatic heterocycles. The van der Waals surface area contributed by atoms with Gasteiger partial charge in [0, 0.05) is 18.5 Å². The number of ether oxygens (including phenoxy) is 1. The molecular formula is C13H18N2O3. The molecule has 2 amide bonds. The van der Waals surface area contributed by atoms with Crippen LogP contribution < -0.4 is 15.8 Å². The summed E-state index contributed by atoms with van der Waals surface area (Å²) in [5, 5.41) is 2.68. The van der Waals surface area contributed by atoms with E-state index < -0.39 is 5.91 Å². The number of hydrogen-bond donors (Lipinski definition) is 2. The maximum Gasteiger partial charge on any atom is 0.224 e. The highest BCUT2D eigenvalue weighted by Gasteiger charge is 2.05. The maximum absolute atomic E-state index is 11.4. The molecule has 5 nitrogen and oxygen atoms in total. The van der Waals surface area contributed by atoms with Gasteiger partial charge in [0.1, 0.15) is 5.75 Å². The minimum Gasteiger partial charge on any atom is -0.491 e. The zero-order chi connectivity index (χ0) is 13.5. The van der Waals surface area contributed by atoms with E-state index in [2.05, 4.69) is 5.32 Å². The van der Waals surface area contributed by atoms with Crippen LogP contribution >= 0.6 is 0 Å². The van der Waals surface area contributed by atoms with Gasteiger partial charge in [-0.25, -0.2) is 0 Å². The standard InChI is InChI=1S/C13H18N2O3/c1-9(2)18-11-5-3-10(4-6-11)15-13(17)8-7-12(14)16/h3-6,9H,7-8H2,1-2H3,(H2,14,16)(H,15,17). The van der Waals surface area contributed by atoms with Crippen molar-refractivity contribution < 1.29 is 14.3 Å². The topological polar surface area (TPSA) is 81.4 Å². The molecule has 1 aromatic carbocycles. The Hall–Kier alpha value is -2.04. The summed E-state index contributed by atoms with van der Waals surface area (Å²) < 4.78 is 5.48. The second-order valence-electron chi connectivity index (χ2n) is 4.21. The quantitative estimate of drug-likeness (QED) is 0.805. The van der Waals surface area contributed by atoms with Gasteiger partial charge in [-0.05, 0) is 38.1 Å². The van der Waals surface area contributed by atoms with Gasteiger partial charge in [-0.1, -0.05) is 0 Å². The number of carbonyl (C=O) groups is 2. The lowest BCUT2D eigenvalue weighted by molar-refractivity contribution is -0.122. The molecule has 3 N–H and O–H groups in total. The molecule has 0 heterocycles. The summed E-state index contributed by atoms with van der Waals surface area (Å²) >= 11 is 0. The summed E-state index contributed by atoms with van der Waals surface area (Å²) in [5.41, 5.74) is 5.63. The van der Waals surface area contributed by atoms with E-state index in [0.717, 1.165) is 5.75 Å². The highest BCUT2D eigenvalue weighted by molar-refractivity contribution is 5.92. The number of benzene rings is 1. The Morgan fingerprint density at radius 2 is 1.83 bits per heavy atom. The number of rotatable bonds is 6. The number of anilines is 1. The first kappa shape index (κ1) is 14.0. The van der Waals surface area contributed by atoms with E-state index in [1.165, 1.54) is 0 Å². The molecule has 5 heteroatoms. The molecule has 0 aliphatic rings. The molecule has 0 bridgehead atoms. The van der Waals surface area contributed by atoms with Crippen molar-refractivity contribution in [2.45, 2.75) is 32.8 Å². The highest BCUT2D eigenvalue weighted by atomic mass is 16.5. The molecule has 0 unspecified atom stereocenters. The van der Waals surface area contributed by atoms with Gasteiger partial charge in [0.15, 0.2) is 0 Å². The molecule has 18 heavy (non-hydrogen) atoms. The Balaban J connectivity index is 2.48. The fourth-order valence-corrected chi connectivity index (χ4v) is 1.35. The third-order valence-electron chi connectivity index (χ3n) is 2.11. The van der Waals surface area contributed by atoms with Crippen molar-refractivity contribution in [1.29, 1.82) is 0 Å². The lowest BCUT2D eigenvalue weighted by Crippen LogP contribution is -2.17. The van der Waals surface area contributed by atoms with Crippen molar-refractivity contribution in [3.05, 3.63) is 24.3 Å². The second-order valence-corrected chi connectivity index (χ2v) is 4.21. The molecule has 0 saturated carbocycles. The SMILES string of the molecule is CC(C)Oc1ccc(NC(=O)CCC(N)=O)cc1. The molecule has 0 fully saturated rings. The zero-order valence-corrected chi connectivity index (χ0v) is 10.6. The third kappa shape index (κ3) is 5.34. The molecule has 0 saturated heterocycles. The number of amides is 2. The number of primary amides is 1. The van der Waals surface area contributed by atoms with Crippen molar-refractivity contribution in [3.8, 4) is 5.75 Å². The zero-order valence-electron chi connectivity index (χ0n) is 10.6. The minimum atomic E-state index is -0.481. The van der Waals surface area contributed by atoms with Gasteiger partial charge in [0.05, 0.1) is 6.10 Å². The number of nitrogens with two attached hydrogens (primary N) is 1. The Morgan fingerprint density at radius 1 is 1.22 bits per heavy atom. The van der Waals surface area contributed by atoms with Crippen LogP contribution in [0.15, 0.2) is 24.3 Å². The van der Waals surface area contributed by atoms with E-state index in [1.54, 1.807) is 24.3 Å². The molecule has 0 aromatic heterocycles. The molecule has 0 atom stereocenters. The van der Waals surface area contributed by atoms with E-state index in [4.69, 9.17) is 10.5 Å². The minimum absolute atomic E-state index is 0.0559. The van der Waals surface area contributed by atoms with Crippen LogP contribution in [0, 0.1) is 0 Å². The third-order valence-corrected chi connectivity index (χ3v) is 2.11. The average molecular weight is 250 g/mol. The Labute approximate surface area is 106 Å². The lowest BCUT2D eigenvalue weighted by Gasteiger charge is -2.10. The molecular weight excluding hydrogens is 232 g/mol. The van der Waals surface area contributed by atoms with Gasteiger partial charge in [-0.15, -0.1) is 0 Å². The van der Waals surface area contributed by atoms with E-state index >= 15 is 0 Å². The summed E-state index contributed by atoms with van der Waals surface area (Å²) in [5.74, 6) is 0.0392. The molecule has 1 aromatic rings. The highest BCUT2D eigenvalue weighted by Crippen LogP contribution is 2.17. The summed E-state index contributed by atoms with van der Waals surface area (Å²) in [6, 6.07) is 7.06. The van der Waals surface area contributed by atoms with E-state index in [1.807, 2.05) is 13.8 Å². The Morgan fingerprint density at radius 3 is 2.33 bits per heavy atom. The Kier molecular flexibility index (Phi) is 5.17. The van der Waals surface area contributed by atoms with Crippen LogP contribution in [-0.2, 0) is 9.59 Å². The van der Waals surface area contributed by atoms with Crippen LogP contribution in [0.3, 0.4) is 0 Å². The first-order valence-electron chi connectivity index (χ1n) is 5.82. The summed E-state index contributed by atoms with van der Waals surface area (Å²) in [7, 11) is 0. The first-order valence-corrected chi connectivity index (χ1v) is 5.82. The van der Waals surface area contributed by atoms with Crippen LogP contribution in [0.5, 0.6) is 5.75 Å². The van der Waals surface area contributed by atoms with E-state index in [-0.39, 0.29) is 24.9 Å². The van der Waals surface area contributed by atoms with Crippen LogP contribution in [0.4, 0.5) is 5.69 Å². The number of nitrogens with one attached hydrogen (secondary N) is 1. The monoisotopic (exact) mass is 250 g/mol. The smallest absolute Gasteiger partial charge is 0.224 e. The predicted octanol–water partition coefficient (Wildman–Crippen LogP) is 1.68. The summed E-state index contributed by atoms with van der Waals surface area (Å²) in [6.07, 6.45) is 0.265. The van der Waals surface area contributed by atoms with Crippen molar-refractivity contribution in [2.75, 3.05) is 5.32 Å². The Bertz CT molecular complexity index is 413. The van der Waals surface area contributed by atoms with E-state index in [9.17, 15) is 9.59 Å². The van der Waals surface area contributed by atoms with E-state index in [0.29, 0.717) is 5.69 Å². The fraction of sp³-hybridized carbons (Fsp3) is 0.385. The molecule has 1 rings (SSSR count). The van der Waals surface area contributed by atoms with Crippen LogP contribution in [0.2, 0.25) is 0 Å². The van der Waals surface area contributed by atoms with Gasteiger partial charge < -0.3 is 15.8 Å². The van der Waals surface area contributed by atoms with Gasteiger partial charge in [-0.2, -0.15) is 0 Å². The van der Waals surface area contributed by atoms with Gasteiger partial charge in [-0.3, -0.25) is 9.59 Å². The van der Waals surface area contributed by atoms with Crippen molar-refractivity contribution >= 4 is 17.5 Å². The normalized spacial score (nSPS) is 10.2. The lowest BCUT2D eigenvalue weighted by atomic mass is 10.2. The van der Waals surface area contributed by atoms with Gasteiger partial charge in [0.25, 0.3) is 0 Å². The van der Waals surface area contributed by atoms with Crippen LogP contribution in [-0.4, -0.2) is 17.9 Å². The first-order chi connectivity index (χ1) is 8.47. The largest absolute Gasteiger partial charge is 0.491 e. The predicted molar refractivity (Wildman–Crippen MR) is 69.3 cm³/mol. The van der Waals surface area contributed by atoms with Crippen LogP contribution in [0.25, 0.3) is 0 Å². The van der Waals surface area contributed by atoms with Gasteiger partial charge >= 0.3 is 0 Å². The molecule has 0 spiro atoms. The number of hydrogen-bond acceptors (Lipinski definition) is 3. The second kappa shape index (κ2) is 6.64. The number of carbonyl (C=O) groups excluding carboxylic acids is 2. The average Bonchev–Trinajstić information content (AvgIpc) is 2.28. The molecule has 0 aliphatic carbocycles. The summed E-state index contributed by atoms with van der Waals surface area (Å²) in [6.45, 7) is 3.89. The fourth-order valence-electron chi connectivity index (χ4n) is 1.35. The molecule has 98 valence electrons. The van der Waals surface area contributed by atoms with Gasteiger partial charge in [0.2, 0.25) is 11.8 Å². The summed E-state index contributed by atoms with van der Waals surface area (Å²) in [4.78, 5) is 22.0.